The molecule has 2 aromatic rings. The highest BCUT2D eigenvalue weighted by molar-refractivity contribution is 5.27. The predicted molar refractivity (Wildman–Crippen MR) is 69.8 cm³/mol. The Kier molecular flexibility index (Phi) is 3.29. The van der Waals surface area contributed by atoms with Gasteiger partial charge in [0.25, 0.3) is 0 Å². The second kappa shape index (κ2) is 4.72. The third kappa shape index (κ3) is 2.56. The molecule has 0 saturated heterocycles. The van der Waals surface area contributed by atoms with Gasteiger partial charge in [-0.05, 0) is 37.5 Å². The Morgan fingerprint density at radius 3 is 2.59 bits per heavy atom. The lowest BCUT2D eigenvalue weighted by Gasteiger charge is -2.13. The molecular formula is C14H19N3. The Balaban J connectivity index is 2.20. The second-order valence-corrected chi connectivity index (χ2v) is 4.57. The summed E-state index contributed by atoms with van der Waals surface area (Å²) in [5.74, 6) is 0. The molecule has 1 heterocycles. The van der Waals surface area contributed by atoms with Crippen molar-refractivity contribution in [1.82, 2.24) is 9.78 Å². The van der Waals surface area contributed by atoms with Crippen LogP contribution in [0.15, 0.2) is 30.3 Å². The molecule has 2 N–H and O–H groups in total. The number of hydrogen-bond donors (Lipinski definition) is 1. The zero-order valence-corrected chi connectivity index (χ0v) is 10.6. The number of hydrogen-bond acceptors (Lipinski definition) is 2. The minimum atomic E-state index is 0.00213. The molecule has 0 radical (unpaired) electrons. The van der Waals surface area contributed by atoms with Crippen LogP contribution in [-0.4, -0.2) is 9.78 Å². The van der Waals surface area contributed by atoms with E-state index in [0.717, 1.165) is 17.8 Å². The predicted octanol–water partition coefficient (Wildman–Crippen LogP) is 2.28. The molecule has 0 saturated carbocycles. The zero-order chi connectivity index (χ0) is 12.4. The number of benzene rings is 1. The molecule has 1 atom stereocenters. The van der Waals surface area contributed by atoms with Crippen LogP contribution in [-0.2, 0) is 13.5 Å². The fourth-order valence-electron chi connectivity index (χ4n) is 2.16. The first kappa shape index (κ1) is 11.9. The number of aromatic nitrogens is 2. The van der Waals surface area contributed by atoms with Crippen LogP contribution in [0.1, 0.15) is 28.6 Å². The van der Waals surface area contributed by atoms with E-state index in [1.165, 1.54) is 11.1 Å². The van der Waals surface area contributed by atoms with Gasteiger partial charge in [-0.3, -0.25) is 4.68 Å². The van der Waals surface area contributed by atoms with Crippen molar-refractivity contribution in [3.8, 4) is 0 Å². The summed E-state index contributed by atoms with van der Waals surface area (Å²) in [6, 6.07) is 10.4. The van der Waals surface area contributed by atoms with Gasteiger partial charge in [-0.25, -0.2) is 0 Å². The lowest BCUT2D eigenvalue weighted by molar-refractivity contribution is 0.614. The lowest BCUT2D eigenvalue weighted by Crippen LogP contribution is -2.17. The van der Waals surface area contributed by atoms with E-state index in [1.807, 2.05) is 18.7 Å². The van der Waals surface area contributed by atoms with Crippen molar-refractivity contribution in [2.45, 2.75) is 26.3 Å². The quantitative estimate of drug-likeness (QED) is 0.877. The third-order valence-electron chi connectivity index (χ3n) is 3.12. The monoisotopic (exact) mass is 229 g/mol. The summed E-state index contributed by atoms with van der Waals surface area (Å²) in [7, 11) is 1.94. The Labute approximate surface area is 102 Å². The van der Waals surface area contributed by atoms with Gasteiger partial charge in [-0.2, -0.15) is 5.10 Å². The maximum absolute atomic E-state index is 6.25. The molecule has 0 aliphatic heterocycles. The average Bonchev–Trinajstić information content (AvgIpc) is 2.61. The van der Waals surface area contributed by atoms with E-state index in [4.69, 9.17) is 5.73 Å². The van der Waals surface area contributed by atoms with Gasteiger partial charge in [0.2, 0.25) is 0 Å². The summed E-state index contributed by atoms with van der Waals surface area (Å²) in [4.78, 5) is 0. The van der Waals surface area contributed by atoms with Gasteiger partial charge in [0.05, 0.1) is 17.4 Å². The fourth-order valence-corrected chi connectivity index (χ4v) is 2.16. The van der Waals surface area contributed by atoms with Crippen molar-refractivity contribution in [2.24, 2.45) is 12.8 Å². The number of aryl methyl sites for hydroxylation is 3. The molecule has 3 nitrogen and oxygen atoms in total. The second-order valence-electron chi connectivity index (χ2n) is 4.57. The molecule has 0 amide bonds. The van der Waals surface area contributed by atoms with Crippen LogP contribution in [0.25, 0.3) is 0 Å². The number of rotatable bonds is 3. The van der Waals surface area contributed by atoms with E-state index in [9.17, 15) is 0 Å². The van der Waals surface area contributed by atoms with Gasteiger partial charge in [0, 0.05) is 7.05 Å². The Hall–Kier alpha value is -1.61. The Morgan fingerprint density at radius 1 is 1.29 bits per heavy atom. The number of nitrogens with two attached hydrogens (primary N) is 1. The van der Waals surface area contributed by atoms with Gasteiger partial charge in [0.15, 0.2) is 0 Å². The van der Waals surface area contributed by atoms with Crippen LogP contribution in [0.4, 0.5) is 0 Å². The average molecular weight is 229 g/mol. The molecule has 0 spiro atoms. The number of nitrogens with zero attached hydrogens (tertiary/aromatic N) is 2. The molecule has 0 aliphatic carbocycles. The summed E-state index contributed by atoms with van der Waals surface area (Å²) < 4.78 is 1.87. The maximum Gasteiger partial charge on any atom is 0.0597 e. The first-order chi connectivity index (χ1) is 8.08. The third-order valence-corrected chi connectivity index (χ3v) is 3.12. The molecule has 0 fully saturated rings. The van der Waals surface area contributed by atoms with Crippen LogP contribution < -0.4 is 5.73 Å². The first-order valence-electron chi connectivity index (χ1n) is 5.88. The summed E-state index contributed by atoms with van der Waals surface area (Å²) in [6.45, 7) is 4.11. The highest BCUT2D eigenvalue weighted by atomic mass is 15.3. The minimum absolute atomic E-state index is 0.00213. The topological polar surface area (TPSA) is 43.8 Å². The van der Waals surface area contributed by atoms with Crippen molar-refractivity contribution < 1.29 is 0 Å². The van der Waals surface area contributed by atoms with Gasteiger partial charge in [-0.1, -0.05) is 24.3 Å². The zero-order valence-electron chi connectivity index (χ0n) is 10.6. The molecule has 1 unspecified atom stereocenters. The van der Waals surface area contributed by atoms with E-state index in [0.29, 0.717) is 0 Å². The van der Waals surface area contributed by atoms with Crippen LogP contribution in [0, 0.1) is 13.8 Å². The van der Waals surface area contributed by atoms with Gasteiger partial charge in [0.1, 0.15) is 0 Å². The summed E-state index contributed by atoms with van der Waals surface area (Å²) in [5.41, 5.74) is 11.0. The highest BCUT2D eigenvalue weighted by Gasteiger charge is 2.13. The van der Waals surface area contributed by atoms with Crippen molar-refractivity contribution in [3.63, 3.8) is 0 Å². The molecule has 17 heavy (non-hydrogen) atoms. The van der Waals surface area contributed by atoms with Crippen molar-refractivity contribution >= 4 is 0 Å². The largest absolute Gasteiger partial charge is 0.322 e. The Bertz CT molecular complexity index is 514. The van der Waals surface area contributed by atoms with Crippen LogP contribution in [0.3, 0.4) is 0 Å². The van der Waals surface area contributed by atoms with Gasteiger partial charge in [-0.15, -0.1) is 0 Å². The van der Waals surface area contributed by atoms with Gasteiger partial charge >= 0.3 is 0 Å². The molecule has 1 aromatic carbocycles. The summed E-state index contributed by atoms with van der Waals surface area (Å²) >= 11 is 0. The molecule has 0 aliphatic rings. The molecule has 1 aromatic heterocycles. The normalized spacial score (nSPS) is 12.7. The van der Waals surface area contributed by atoms with Crippen molar-refractivity contribution in [2.75, 3.05) is 0 Å². The van der Waals surface area contributed by atoms with E-state index in [-0.39, 0.29) is 6.04 Å². The smallest absolute Gasteiger partial charge is 0.0597 e. The molecule has 2 rings (SSSR count). The van der Waals surface area contributed by atoms with Crippen molar-refractivity contribution in [1.29, 1.82) is 0 Å². The van der Waals surface area contributed by atoms with E-state index in [1.54, 1.807) is 0 Å². The lowest BCUT2D eigenvalue weighted by atomic mass is 10.00. The molecule has 0 bridgehead atoms. The van der Waals surface area contributed by atoms with Gasteiger partial charge < -0.3 is 5.73 Å². The maximum atomic E-state index is 6.25. The fraction of sp³-hybridized carbons (Fsp3) is 0.357. The van der Waals surface area contributed by atoms with Crippen LogP contribution in [0.5, 0.6) is 0 Å². The van der Waals surface area contributed by atoms with Crippen molar-refractivity contribution in [3.05, 3.63) is 52.8 Å². The summed E-state index contributed by atoms with van der Waals surface area (Å²) in [6.07, 6.45) is 0.853. The van der Waals surface area contributed by atoms with E-state index >= 15 is 0 Å². The van der Waals surface area contributed by atoms with Crippen LogP contribution >= 0.6 is 0 Å². The molecule has 3 heteroatoms. The minimum Gasteiger partial charge on any atom is -0.322 e. The van der Waals surface area contributed by atoms with E-state index < -0.39 is 0 Å². The molecular weight excluding hydrogens is 210 g/mol. The summed E-state index contributed by atoms with van der Waals surface area (Å²) in [5, 5.41) is 4.33. The molecule has 90 valence electrons. The van der Waals surface area contributed by atoms with Crippen LogP contribution in [0.2, 0.25) is 0 Å². The Morgan fingerprint density at radius 2 is 2.00 bits per heavy atom. The van der Waals surface area contributed by atoms with E-state index in [2.05, 4.69) is 42.4 Å². The SMILES string of the molecule is Cc1cc(C(N)Cc2ccccc2C)n(C)n1. The standard InChI is InChI=1S/C14H19N3/c1-10-6-4-5-7-12(10)9-13(15)14-8-11(2)16-17(14)3/h4-8,13H,9,15H2,1-3H3. The highest BCUT2D eigenvalue weighted by Crippen LogP contribution is 2.18. The first-order valence-corrected chi connectivity index (χ1v) is 5.88.